The minimum Gasteiger partial charge on any atom is -0.569 e. The zero-order valence-corrected chi connectivity index (χ0v) is 17.1. The molecule has 0 aromatic heterocycles. The number of aryl methyl sites for hydroxylation is 1. The first-order valence-electron chi connectivity index (χ1n) is 8.05. The van der Waals surface area contributed by atoms with Gasteiger partial charge in [-0.2, -0.15) is 13.2 Å². The third-order valence-corrected chi connectivity index (χ3v) is 4.11. The fourth-order valence-electron chi connectivity index (χ4n) is 2.41. The lowest BCUT2D eigenvalue weighted by molar-refractivity contribution is -0.704. The molecule has 1 aliphatic heterocycles. The molecule has 164 valence electrons. The minimum absolute atomic E-state index is 0.0215. The summed E-state index contributed by atoms with van der Waals surface area (Å²) < 4.78 is 50.4. The number of aliphatic carboxylic acids is 1. The fraction of sp³-hybridized carbons (Fsp3) is 0.375. The number of rotatable bonds is 7. The summed E-state index contributed by atoms with van der Waals surface area (Å²) in [6.45, 7) is -0.133. The van der Waals surface area contributed by atoms with Crippen molar-refractivity contribution in [3.8, 4) is 5.75 Å². The van der Waals surface area contributed by atoms with Crippen molar-refractivity contribution in [1.82, 2.24) is 5.01 Å². The second kappa shape index (κ2) is 9.19. The van der Waals surface area contributed by atoms with Gasteiger partial charge in [0, 0.05) is 10.0 Å². The van der Waals surface area contributed by atoms with E-state index in [4.69, 9.17) is 9.84 Å². The number of carboxylic acid groups (broad SMARTS) is 1. The number of carbonyl (C=O) groups excluding carboxylic acids is 1. The summed E-state index contributed by atoms with van der Waals surface area (Å²) in [7, 11) is 1.09. The third-order valence-electron chi connectivity index (χ3n) is 3.66. The first kappa shape index (κ1) is 23.3. The Bertz CT molecular complexity index is 905. The molecule has 0 radical (unpaired) electrons. The number of hydrogen-bond acceptors (Lipinski definition) is 7. The van der Waals surface area contributed by atoms with Crippen molar-refractivity contribution in [1.29, 1.82) is 0 Å². The van der Waals surface area contributed by atoms with E-state index in [9.17, 15) is 28.0 Å². The molecule has 2 rings (SSSR count). The van der Waals surface area contributed by atoms with E-state index in [0.29, 0.717) is 15.0 Å². The zero-order chi connectivity index (χ0) is 22.6. The molecule has 10 nitrogen and oxygen atoms in total. The maximum Gasteiger partial charge on any atom is 0.430 e. The van der Waals surface area contributed by atoms with E-state index in [1.807, 2.05) is 0 Å². The molecule has 1 aliphatic rings. The highest BCUT2D eigenvalue weighted by Gasteiger charge is 2.49. The molecule has 1 N–H and O–H groups in total. The van der Waals surface area contributed by atoms with Crippen molar-refractivity contribution in [2.24, 2.45) is 5.28 Å². The molecule has 0 saturated heterocycles. The molecule has 1 heterocycles. The lowest BCUT2D eigenvalue weighted by atomic mass is 9.99. The van der Waals surface area contributed by atoms with Crippen LogP contribution in [0, 0.1) is 12.1 Å². The highest BCUT2D eigenvalue weighted by Crippen LogP contribution is 2.40. The molecule has 0 bridgehead atoms. The molecule has 1 aromatic carbocycles. The van der Waals surface area contributed by atoms with Gasteiger partial charge in [0.1, 0.15) is 5.75 Å². The van der Waals surface area contributed by atoms with Crippen molar-refractivity contribution < 1.29 is 47.1 Å². The third kappa shape index (κ3) is 5.75. The van der Waals surface area contributed by atoms with E-state index in [0.717, 1.165) is 13.1 Å². The van der Waals surface area contributed by atoms with Gasteiger partial charge in [0.2, 0.25) is 11.4 Å². The number of hydrogen-bond donors (Lipinski definition) is 1. The predicted molar refractivity (Wildman–Crippen MR) is 95.7 cm³/mol. The summed E-state index contributed by atoms with van der Waals surface area (Å²) >= 11 is 3.21. The van der Waals surface area contributed by atoms with E-state index in [1.54, 1.807) is 13.0 Å². The number of carbonyl (C=O) groups is 2. The maximum atomic E-state index is 13.4. The smallest absolute Gasteiger partial charge is 0.430 e. The number of alkyl halides is 3. The van der Waals surface area contributed by atoms with Crippen molar-refractivity contribution in [2.45, 2.75) is 19.2 Å². The molecule has 14 heteroatoms. The van der Waals surface area contributed by atoms with E-state index in [2.05, 4.69) is 30.8 Å². The van der Waals surface area contributed by atoms with Gasteiger partial charge in [-0.05, 0) is 30.7 Å². The van der Waals surface area contributed by atoms with Crippen molar-refractivity contribution in [3.63, 3.8) is 0 Å². The average molecular weight is 498 g/mol. The standard InChI is InChI=1S/C16H15BrF3N3O7/c1-8-3-10(17)4-9-5-11(14(16(18,19)20)30-13(8)9)15(26)28-7-29-21-23(27)22(2)6-12(24)25/h3-5,14H,6-7H2,1-2H3,(H,24,25)/b23-21-/t14-/m0/s1. The van der Waals surface area contributed by atoms with Crippen LogP contribution in [0.4, 0.5) is 13.2 Å². The SMILES string of the molecule is Cc1cc(Br)cc2c1O[C@H](C(F)(F)F)C(C(=O)OCO/N=[N+](\[O-])N(C)CC(=O)O)=C2. The summed E-state index contributed by atoms with van der Waals surface area (Å²) in [4.78, 5) is 26.8. The Kier molecular flexibility index (Phi) is 7.12. The van der Waals surface area contributed by atoms with Crippen LogP contribution in [0.15, 0.2) is 27.5 Å². The lowest BCUT2D eigenvalue weighted by Crippen LogP contribution is -2.41. The first-order valence-corrected chi connectivity index (χ1v) is 8.84. The van der Waals surface area contributed by atoms with Crippen molar-refractivity contribution in [3.05, 3.63) is 38.5 Å². The Morgan fingerprint density at radius 1 is 1.43 bits per heavy atom. The van der Waals surface area contributed by atoms with Gasteiger partial charge in [-0.1, -0.05) is 15.9 Å². The number of ether oxygens (including phenoxy) is 2. The van der Waals surface area contributed by atoms with Gasteiger partial charge in [-0.3, -0.25) is 4.79 Å². The summed E-state index contributed by atoms with van der Waals surface area (Å²) in [5.74, 6) is -2.73. The molecule has 30 heavy (non-hydrogen) atoms. The molecule has 0 unspecified atom stereocenters. The molecule has 1 aromatic rings. The number of nitrogens with zero attached hydrogens (tertiary/aromatic N) is 3. The van der Waals surface area contributed by atoms with Crippen LogP contribution in [0.2, 0.25) is 0 Å². The van der Waals surface area contributed by atoms with E-state index >= 15 is 0 Å². The van der Waals surface area contributed by atoms with Crippen molar-refractivity contribution >= 4 is 33.9 Å². The number of likely N-dealkylation sites (N-methyl/N-ethyl adjacent to an activating group) is 1. The van der Waals surface area contributed by atoms with Crippen LogP contribution in [0.1, 0.15) is 11.1 Å². The second-order valence-corrected chi connectivity index (χ2v) is 6.92. The van der Waals surface area contributed by atoms with Gasteiger partial charge in [-0.25, -0.2) is 4.79 Å². The van der Waals surface area contributed by atoms with E-state index < -0.39 is 43.1 Å². The predicted octanol–water partition coefficient (Wildman–Crippen LogP) is 2.79. The molecular weight excluding hydrogens is 483 g/mol. The Morgan fingerprint density at radius 3 is 2.70 bits per heavy atom. The second-order valence-electron chi connectivity index (χ2n) is 6.00. The zero-order valence-electron chi connectivity index (χ0n) is 15.5. The number of fused-ring (bicyclic) bond motifs is 1. The first-order chi connectivity index (χ1) is 13.9. The molecule has 0 amide bonds. The molecule has 0 aliphatic carbocycles. The van der Waals surface area contributed by atoms with Crippen LogP contribution < -0.4 is 4.74 Å². The van der Waals surface area contributed by atoms with Crippen LogP contribution in [0.5, 0.6) is 5.75 Å². The Hall–Kier alpha value is -3.03. The Morgan fingerprint density at radius 2 is 2.10 bits per heavy atom. The Labute approximate surface area is 175 Å². The van der Waals surface area contributed by atoms with E-state index in [1.165, 1.54) is 6.07 Å². The van der Waals surface area contributed by atoms with Gasteiger partial charge in [-0.15, -0.1) is 5.01 Å². The number of esters is 1. The van der Waals surface area contributed by atoms with Gasteiger partial charge in [0.05, 0.1) is 17.6 Å². The quantitative estimate of drug-likeness (QED) is 0.152. The number of halogens is 4. The average Bonchev–Trinajstić information content (AvgIpc) is 2.62. The molecule has 0 saturated carbocycles. The molecule has 1 atom stereocenters. The number of hydrazine groups is 1. The highest BCUT2D eigenvalue weighted by molar-refractivity contribution is 9.10. The summed E-state index contributed by atoms with van der Waals surface area (Å²) in [5, 5.41) is 23.4. The number of carboxylic acids is 1. The minimum atomic E-state index is -4.90. The molecule has 0 fully saturated rings. The fourth-order valence-corrected chi connectivity index (χ4v) is 3.00. The van der Waals surface area contributed by atoms with Crippen LogP contribution in [0.3, 0.4) is 0 Å². The van der Waals surface area contributed by atoms with Crippen LogP contribution in [0.25, 0.3) is 6.08 Å². The number of benzene rings is 1. The molecule has 0 spiro atoms. The Balaban J connectivity index is 2.13. The lowest BCUT2D eigenvalue weighted by Gasteiger charge is -2.28. The van der Waals surface area contributed by atoms with E-state index in [-0.39, 0.29) is 16.3 Å². The van der Waals surface area contributed by atoms with Crippen molar-refractivity contribution in [2.75, 3.05) is 20.4 Å². The summed E-state index contributed by atoms with van der Waals surface area (Å²) in [5.41, 5.74) is -0.153. The summed E-state index contributed by atoms with van der Waals surface area (Å²) in [6.07, 6.45) is -6.47. The topological polar surface area (TPSA) is 124 Å². The highest BCUT2D eigenvalue weighted by atomic mass is 79.9. The molecular formula is C16H15BrF3N3O7. The van der Waals surface area contributed by atoms with Gasteiger partial charge in [0.15, 0.2) is 6.54 Å². The largest absolute Gasteiger partial charge is 0.569 e. The van der Waals surface area contributed by atoms with Crippen LogP contribution in [-0.2, 0) is 19.2 Å². The van der Waals surface area contributed by atoms with Gasteiger partial charge < -0.3 is 24.6 Å². The van der Waals surface area contributed by atoms with Crippen LogP contribution in [-0.4, -0.2) is 59.7 Å². The maximum absolute atomic E-state index is 13.4. The normalized spacial score (nSPS) is 16.1. The van der Waals surface area contributed by atoms with Crippen LogP contribution >= 0.6 is 15.9 Å². The van der Waals surface area contributed by atoms with Gasteiger partial charge in [0.25, 0.3) is 6.79 Å². The monoisotopic (exact) mass is 497 g/mol. The van der Waals surface area contributed by atoms with Gasteiger partial charge >= 0.3 is 18.1 Å². The summed E-state index contributed by atoms with van der Waals surface area (Å²) in [6, 6.07) is 3.04.